The van der Waals surface area contributed by atoms with Gasteiger partial charge in [0.25, 0.3) is 0 Å². The molecule has 0 radical (unpaired) electrons. The van der Waals surface area contributed by atoms with Crippen molar-refractivity contribution in [1.29, 1.82) is 5.26 Å². The second kappa shape index (κ2) is 5.96. The van der Waals surface area contributed by atoms with E-state index < -0.39 is 5.92 Å². The van der Waals surface area contributed by atoms with Crippen molar-refractivity contribution in [2.45, 2.75) is 26.8 Å². The Labute approximate surface area is 95.5 Å². The summed E-state index contributed by atoms with van der Waals surface area (Å²) in [5, 5.41) is 8.85. The summed E-state index contributed by atoms with van der Waals surface area (Å²) >= 11 is 0. The summed E-state index contributed by atoms with van der Waals surface area (Å²) in [5.74, 6) is 0.0711. The highest BCUT2D eigenvalue weighted by atomic mass is 16.3. The van der Waals surface area contributed by atoms with E-state index in [2.05, 4.69) is 0 Å². The summed E-state index contributed by atoms with van der Waals surface area (Å²) in [6.45, 7) is 4.75. The first-order valence-corrected chi connectivity index (χ1v) is 5.43. The zero-order chi connectivity index (χ0) is 12.0. The van der Waals surface area contributed by atoms with E-state index in [0.29, 0.717) is 19.5 Å². The number of rotatable bonds is 5. The van der Waals surface area contributed by atoms with Gasteiger partial charge in [0.2, 0.25) is 5.91 Å². The molecule has 1 amide bonds. The second-order valence-electron chi connectivity index (χ2n) is 3.52. The van der Waals surface area contributed by atoms with Crippen LogP contribution in [-0.2, 0) is 11.3 Å². The van der Waals surface area contributed by atoms with Crippen LogP contribution in [-0.4, -0.2) is 17.4 Å². The SMILES string of the molecule is CCC(C#N)C(=O)N(CC)Cc1ccco1. The molecule has 16 heavy (non-hydrogen) atoms. The van der Waals surface area contributed by atoms with Gasteiger partial charge in [-0.2, -0.15) is 5.26 Å². The van der Waals surface area contributed by atoms with Crippen LogP contribution in [0.1, 0.15) is 26.0 Å². The lowest BCUT2D eigenvalue weighted by Gasteiger charge is -2.21. The van der Waals surface area contributed by atoms with Gasteiger partial charge >= 0.3 is 0 Å². The van der Waals surface area contributed by atoms with Crippen LogP contribution in [0.2, 0.25) is 0 Å². The monoisotopic (exact) mass is 220 g/mol. The molecule has 0 aliphatic rings. The Kier molecular flexibility index (Phi) is 4.59. The first-order chi connectivity index (χ1) is 7.72. The average Bonchev–Trinajstić information content (AvgIpc) is 2.80. The number of amides is 1. The van der Waals surface area contributed by atoms with Crippen LogP contribution in [0, 0.1) is 17.2 Å². The summed E-state index contributed by atoms with van der Waals surface area (Å²) in [6, 6.07) is 5.63. The molecule has 0 saturated heterocycles. The van der Waals surface area contributed by atoms with E-state index in [1.165, 1.54) is 0 Å². The van der Waals surface area contributed by atoms with E-state index >= 15 is 0 Å². The number of nitriles is 1. The molecule has 0 fully saturated rings. The summed E-state index contributed by atoms with van der Waals surface area (Å²) in [7, 11) is 0. The van der Waals surface area contributed by atoms with Crippen LogP contribution >= 0.6 is 0 Å². The Bertz CT molecular complexity index is 365. The lowest BCUT2D eigenvalue weighted by atomic mass is 10.1. The van der Waals surface area contributed by atoms with Crippen molar-refractivity contribution < 1.29 is 9.21 Å². The van der Waals surface area contributed by atoms with Crippen molar-refractivity contribution in [3.05, 3.63) is 24.2 Å². The third-order valence-corrected chi connectivity index (χ3v) is 2.48. The van der Waals surface area contributed by atoms with Gasteiger partial charge in [-0.05, 0) is 25.5 Å². The molecule has 0 spiro atoms. The number of hydrogen-bond acceptors (Lipinski definition) is 3. The highest BCUT2D eigenvalue weighted by Crippen LogP contribution is 2.11. The molecule has 1 unspecified atom stereocenters. The van der Waals surface area contributed by atoms with Gasteiger partial charge in [0, 0.05) is 6.54 Å². The zero-order valence-electron chi connectivity index (χ0n) is 9.64. The van der Waals surface area contributed by atoms with Crippen molar-refractivity contribution in [2.24, 2.45) is 5.92 Å². The molecule has 0 saturated carbocycles. The number of carbonyl (C=O) groups is 1. The minimum atomic E-state index is -0.546. The molecule has 1 atom stereocenters. The Morgan fingerprint density at radius 3 is 2.81 bits per heavy atom. The fourth-order valence-electron chi connectivity index (χ4n) is 1.48. The summed E-state index contributed by atoms with van der Waals surface area (Å²) in [4.78, 5) is 13.6. The third kappa shape index (κ3) is 2.86. The summed E-state index contributed by atoms with van der Waals surface area (Å²) in [6.07, 6.45) is 2.12. The first kappa shape index (κ1) is 12.3. The molecule has 4 heteroatoms. The molecular weight excluding hydrogens is 204 g/mol. The molecule has 0 aliphatic heterocycles. The average molecular weight is 220 g/mol. The molecule has 4 nitrogen and oxygen atoms in total. The van der Waals surface area contributed by atoms with Crippen LogP contribution in [0.3, 0.4) is 0 Å². The minimum Gasteiger partial charge on any atom is -0.467 e. The first-order valence-electron chi connectivity index (χ1n) is 5.43. The van der Waals surface area contributed by atoms with Gasteiger partial charge in [0.15, 0.2) is 0 Å². The fourth-order valence-corrected chi connectivity index (χ4v) is 1.48. The molecule has 0 aromatic carbocycles. The van der Waals surface area contributed by atoms with E-state index in [-0.39, 0.29) is 5.91 Å². The van der Waals surface area contributed by atoms with Crippen molar-refractivity contribution in [3.8, 4) is 6.07 Å². The van der Waals surface area contributed by atoms with Gasteiger partial charge in [-0.15, -0.1) is 0 Å². The predicted molar refractivity (Wildman–Crippen MR) is 59.2 cm³/mol. The van der Waals surface area contributed by atoms with Crippen molar-refractivity contribution in [3.63, 3.8) is 0 Å². The van der Waals surface area contributed by atoms with Crippen molar-refractivity contribution >= 4 is 5.91 Å². The van der Waals surface area contributed by atoms with Gasteiger partial charge in [-0.3, -0.25) is 4.79 Å². The second-order valence-corrected chi connectivity index (χ2v) is 3.52. The number of furan rings is 1. The highest BCUT2D eigenvalue weighted by molar-refractivity contribution is 5.81. The lowest BCUT2D eigenvalue weighted by molar-refractivity contribution is -0.134. The van der Waals surface area contributed by atoms with E-state index in [1.54, 1.807) is 17.2 Å². The van der Waals surface area contributed by atoms with Crippen LogP contribution in [0.25, 0.3) is 0 Å². The lowest BCUT2D eigenvalue weighted by Crippen LogP contribution is -2.34. The number of hydrogen-bond donors (Lipinski definition) is 0. The molecule has 86 valence electrons. The van der Waals surface area contributed by atoms with Gasteiger partial charge in [-0.1, -0.05) is 6.92 Å². The maximum atomic E-state index is 11.9. The van der Waals surface area contributed by atoms with Gasteiger partial charge in [-0.25, -0.2) is 0 Å². The summed E-state index contributed by atoms with van der Waals surface area (Å²) in [5.41, 5.74) is 0. The molecule has 1 rings (SSSR count). The maximum Gasteiger partial charge on any atom is 0.240 e. The Balaban J connectivity index is 2.67. The van der Waals surface area contributed by atoms with Crippen LogP contribution in [0.15, 0.2) is 22.8 Å². The highest BCUT2D eigenvalue weighted by Gasteiger charge is 2.22. The van der Waals surface area contributed by atoms with Gasteiger partial charge in [0.1, 0.15) is 11.7 Å². The summed E-state index contributed by atoms with van der Waals surface area (Å²) < 4.78 is 5.19. The molecule has 0 N–H and O–H groups in total. The van der Waals surface area contributed by atoms with Crippen molar-refractivity contribution in [2.75, 3.05) is 6.54 Å². The van der Waals surface area contributed by atoms with E-state index in [0.717, 1.165) is 5.76 Å². The predicted octanol–water partition coefficient (Wildman–Crippen LogP) is 2.18. The Morgan fingerprint density at radius 2 is 2.38 bits per heavy atom. The van der Waals surface area contributed by atoms with Crippen LogP contribution in [0.4, 0.5) is 0 Å². The molecule has 0 bridgehead atoms. The number of carbonyl (C=O) groups excluding carboxylic acids is 1. The van der Waals surface area contributed by atoms with E-state index in [9.17, 15) is 4.79 Å². The number of nitrogens with zero attached hydrogens (tertiary/aromatic N) is 2. The quantitative estimate of drug-likeness (QED) is 0.764. The molecule has 0 aliphatic carbocycles. The third-order valence-electron chi connectivity index (χ3n) is 2.48. The van der Waals surface area contributed by atoms with Gasteiger partial charge < -0.3 is 9.32 Å². The maximum absolute atomic E-state index is 11.9. The smallest absolute Gasteiger partial charge is 0.240 e. The molecule has 1 heterocycles. The Hall–Kier alpha value is -1.76. The molecule has 1 aromatic heterocycles. The van der Waals surface area contributed by atoms with Crippen LogP contribution in [0.5, 0.6) is 0 Å². The zero-order valence-corrected chi connectivity index (χ0v) is 9.64. The topological polar surface area (TPSA) is 57.2 Å². The minimum absolute atomic E-state index is 0.121. The normalized spacial score (nSPS) is 11.8. The van der Waals surface area contributed by atoms with E-state index in [1.807, 2.05) is 26.0 Å². The van der Waals surface area contributed by atoms with Crippen molar-refractivity contribution in [1.82, 2.24) is 4.90 Å². The Morgan fingerprint density at radius 1 is 1.62 bits per heavy atom. The molecular formula is C12H16N2O2. The van der Waals surface area contributed by atoms with Gasteiger partial charge in [0.05, 0.1) is 18.9 Å². The molecule has 1 aromatic rings. The largest absolute Gasteiger partial charge is 0.467 e. The fraction of sp³-hybridized carbons (Fsp3) is 0.500. The standard InChI is InChI=1S/C12H16N2O2/c1-3-10(8-13)12(15)14(4-2)9-11-6-5-7-16-11/h5-7,10H,3-4,9H2,1-2H3. The van der Waals surface area contributed by atoms with E-state index in [4.69, 9.17) is 9.68 Å². The van der Waals surface area contributed by atoms with Crippen LogP contribution < -0.4 is 0 Å².